The molecule has 3 aromatic rings. The van der Waals surface area contributed by atoms with Gasteiger partial charge in [-0.2, -0.15) is 0 Å². The quantitative estimate of drug-likeness (QED) is 0.581. The summed E-state index contributed by atoms with van der Waals surface area (Å²) in [5.41, 5.74) is 2.87. The smallest absolute Gasteiger partial charge is 0.231 e. The van der Waals surface area contributed by atoms with Gasteiger partial charge in [0.25, 0.3) is 0 Å². The third kappa shape index (κ3) is 3.13. The molecule has 29 heavy (non-hydrogen) atoms. The fraction of sp³-hybridized carbons (Fsp3) is 0.238. The second-order valence-corrected chi connectivity index (χ2v) is 8.52. The minimum absolute atomic E-state index is 0.0802. The first-order chi connectivity index (χ1) is 13.7. The van der Waals surface area contributed by atoms with Crippen LogP contribution in [-0.4, -0.2) is 43.9 Å². The van der Waals surface area contributed by atoms with E-state index in [9.17, 15) is 9.90 Å². The van der Waals surface area contributed by atoms with Crippen molar-refractivity contribution in [2.75, 3.05) is 14.2 Å². The van der Waals surface area contributed by atoms with Crippen LogP contribution in [0.1, 0.15) is 18.9 Å². The zero-order valence-corrected chi connectivity index (χ0v) is 17.6. The standard InChI is InChI=1S/C21H22BN3O3S/c1-21(9-18(27)25(2)20(23)24-21)11-6-14(19-15(7-11)16(22)10-29-19)13-8-12(28-3)4-5-17(13)26/h4-8,10,26H,9,22H2,1-3H3,(H2,23,24)/t21-/m0/s1. The second-order valence-electron chi connectivity index (χ2n) is 7.64. The lowest BCUT2D eigenvalue weighted by molar-refractivity contribution is -0.129. The van der Waals surface area contributed by atoms with Gasteiger partial charge in [0.05, 0.1) is 19.1 Å². The van der Waals surface area contributed by atoms with E-state index in [0.29, 0.717) is 11.3 Å². The van der Waals surface area contributed by atoms with Gasteiger partial charge in [-0.1, -0.05) is 5.46 Å². The van der Waals surface area contributed by atoms with E-state index in [4.69, 9.17) is 10.1 Å². The van der Waals surface area contributed by atoms with E-state index >= 15 is 0 Å². The monoisotopic (exact) mass is 407 g/mol. The predicted molar refractivity (Wildman–Crippen MR) is 119 cm³/mol. The molecule has 1 saturated heterocycles. The Labute approximate surface area is 174 Å². The molecule has 0 saturated carbocycles. The fourth-order valence-corrected chi connectivity index (χ4v) is 4.81. The van der Waals surface area contributed by atoms with Gasteiger partial charge in [-0.25, -0.2) is 0 Å². The first-order valence-electron chi connectivity index (χ1n) is 9.26. The number of rotatable bonds is 3. The average Bonchev–Trinajstić information content (AvgIpc) is 3.07. The summed E-state index contributed by atoms with van der Waals surface area (Å²) < 4.78 is 6.42. The Balaban J connectivity index is 1.96. The Morgan fingerprint density at radius 2 is 2.07 bits per heavy atom. The number of ether oxygens (including phenoxy) is 1. The maximum atomic E-state index is 12.5. The van der Waals surface area contributed by atoms with Crippen molar-refractivity contribution < 1.29 is 14.6 Å². The number of fused-ring (bicyclic) bond motifs is 1. The summed E-state index contributed by atoms with van der Waals surface area (Å²) in [7, 11) is 5.25. The number of carbonyl (C=O) groups is 1. The van der Waals surface area contributed by atoms with Crippen LogP contribution in [0.25, 0.3) is 21.2 Å². The van der Waals surface area contributed by atoms with Gasteiger partial charge in [0, 0.05) is 22.9 Å². The summed E-state index contributed by atoms with van der Waals surface area (Å²) >= 11 is 1.62. The molecule has 3 N–H and O–H groups in total. The largest absolute Gasteiger partial charge is 0.507 e. The van der Waals surface area contributed by atoms with Gasteiger partial charge < -0.3 is 15.2 Å². The zero-order valence-electron chi connectivity index (χ0n) is 16.8. The number of benzene rings is 2. The Morgan fingerprint density at radius 3 is 2.76 bits per heavy atom. The highest BCUT2D eigenvalue weighted by Crippen LogP contribution is 2.41. The minimum Gasteiger partial charge on any atom is -0.507 e. The molecule has 148 valence electrons. The summed E-state index contributed by atoms with van der Waals surface area (Å²) in [5, 5.41) is 25.1. The van der Waals surface area contributed by atoms with Crippen molar-refractivity contribution in [3.63, 3.8) is 0 Å². The Hall–Kier alpha value is -3.00. The van der Waals surface area contributed by atoms with E-state index in [1.807, 2.05) is 19.1 Å². The van der Waals surface area contributed by atoms with Crippen molar-refractivity contribution in [3.05, 3.63) is 41.3 Å². The lowest BCUT2D eigenvalue weighted by atomic mass is 9.82. The van der Waals surface area contributed by atoms with Gasteiger partial charge in [-0.15, -0.1) is 11.3 Å². The van der Waals surface area contributed by atoms with Crippen LogP contribution in [0.4, 0.5) is 0 Å². The number of nitrogens with one attached hydrogen (secondary N) is 2. The van der Waals surface area contributed by atoms with Crippen LogP contribution >= 0.6 is 11.3 Å². The number of guanidine groups is 1. The van der Waals surface area contributed by atoms with Gasteiger partial charge in [0.2, 0.25) is 5.91 Å². The van der Waals surface area contributed by atoms with Gasteiger partial charge in [0.15, 0.2) is 5.96 Å². The molecule has 1 aromatic heterocycles. The van der Waals surface area contributed by atoms with Crippen LogP contribution in [0.2, 0.25) is 0 Å². The van der Waals surface area contributed by atoms with Crippen LogP contribution in [0.15, 0.2) is 35.7 Å². The number of nitrogens with zero attached hydrogens (tertiary/aromatic N) is 1. The molecule has 0 radical (unpaired) electrons. The molecule has 4 rings (SSSR count). The number of methoxy groups -OCH3 is 1. The van der Waals surface area contributed by atoms with Crippen molar-refractivity contribution in [1.29, 1.82) is 5.41 Å². The van der Waals surface area contributed by atoms with Crippen LogP contribution in [-0.2, 0) is 10.3 Å². The van der Waals surface area contributed by atoms with Crippen LogP contribution in [0.3, 0.4) is 0 Å². The van der Waals surface area contributed by atoms with Crippen molar-refractivity contribution in [1.82, 2.24) is 10.2 Å². The topological polar surface area (TPSA) is 85.7 Å². The van der Waals surface area contributed by atoms with Crippen LogP contribution in [0, 0.1) is 5.41 Å². The third-order valence-corrected chi connectivity index (χ3v) is 6.75. The molecule has 0 spiro atoms. The molecule has 1 aliphatic rings. The van der Waals surface area contributed by atoms with E-state index < -0.39 is 5.54 Å². The molecular weight excluding hydrogens is 385 g/mol. The number of phenolic OH excluding ortho intramolecular Hbond substituents is 1. The van der Waals surface area contributed by atoms with Gasteiger partial charge in [-0.3, -0.25) is 15.1 Å². The molecular formula is C21H22BN3O3S. The third-order valence-electron chi connectivity index (χ3n) is 5.61. The molecule has 0 aliphatic carbocycles. The lowest BCUT2D eigenvalue weighted by Gasteiger charge is -2.40. The molecule has 2 heterocycles. The van der Waals surface area contributed by atoms with E-state index in [1.54, 1.807) is 37.6 Å². The highest BCUT2D eigenvalue weighted by molar-refractivity contribution is 7.19. The molecule has 1 fully saturated rings. The summed E-state index contributed by atoms with van der Waals surface area (Å²) in [6, 6.07) is 9.26. The van der Waals surface area contributed by atoms with Crippen molar-refractivity contribution in [2.24, 2.45) is 0 Å². The number of aromatic hydroxyl groups is 1. The molecule has 0 unspecified atom stereocenters. The molecule has 0 bridgehead atoms. The van der Waals surface area contributed by atoms with Crippen molar-refractivity contribution in [2.45, 2.75) is 18.9 Å². The maximum Gasteiger partial charge on any atom is 0.231 e. The normalized spacial score (nSPS) is 19.5. The SMILES string of the molecule is Bc1csc2c(-c3cc(OC)ccc3O)cc([C@]3(C)CC(=O)N(C)C(=N)N3)cc12. The summed E-state index contributed by atoms with van der Waals surface area (Å²) in [6.45, 7) is 1.94. The summed E-state index contributed by atoms with van der Waals surface area (Å²) in [6.07, 6.45) is 0.240. The van der Waals surface area contributed by atoms with Crippen LogP contribution < -0.4 is 15.5 Å². The number of amides is 1. The Morgan fingerprint density at radius 1 is 1.31 bits per heavy atom. The number of carbonyl (C=O) groups excluding carboxylic acids is 1. The highest BCUT2D eigenvalue weighted by atomic mass is 32.1. The van der Waals surface area contributed by atoms with Crippen LogP contribution in [0.5, 0.6) is 11.5 Å². The molecule has 2 aromatic carbocycles. The highest BCUT2D eigenvalue weighted by Gasteiger charge is 2.38. The number of phenols is 1. The minimum atomic E-state index is -0.716. The lowest BCUT2D eigenvalue weighted by Crippen LogP contribution is -2.58. The Kier molecular flexibility index (Phi) is 4.54. The zero-order chi connectivity index (χ0) is 20.9. The number of thiophene rings is 1. The van der Waals surface area contributed by atoms with E-state index in [1.165, 1.54) is 4.90 Å². The Bertz CT molecular complexity index is 1140. The average molecular weight is 407 g/mol. The summed E-state index contributed by atoms with van der Waals surface area (Å²) in [5.74, 6) is 0.798. The van der Waals surface area contributed by atoms with E-state index in [2.05, 4.69) is 24.6 Å². The second kappa shape index (κ2) is 6.81. The van der Waals surface area contributed by atoms with Gasteiger partial charge >= 0.3 is 0 Å². The predicted octanol–water partition coefficient (Wildman–Crippen LogP) is 2.14. The maximum absolute atomic E-state index is 12.5. The van der Waals surface area contributed by atoms with Crippen molar-refractivity contribution in [3.8, 4) is 22.6 Å². The molecule has 6 nitrogen and oxygen atoms in total. The summed E-state index contributed by atoms with van der Waals surface area (Å²) in [4.78, 5) is 13.8. The van der Waals surface area contributed by atoms with Gasteiger partial charge in [0.1, 0.15) is 19.3 Å². The van der Waals surface area contributed by atoms with E-state index in [-0.39, 0.29) is 24.0 Å². The molecule has 1 amide bonds. The molecule has 8 heteroatoms. The number of hydrogen-bond acceptors (Lipinski definition) is 5. The van der Waals surface area contributed by atoms with Crippen molar-refractivity contribution >= 4 is 46.6 Å². The first-order valence-corrected chi connectivity index (χ1v) is 10.1. The van der Waals surface area contributed by atoms with Gasteiger partial charge in [-0.05, 0) is 53.6 Å². The first kappa shape index (κ1) is 19.3. The number of hydrogen-bond donors (Lipinski definition) is 3. The molecule has 1 atom stereocenters. The van der Waals surface area contributed by atoms with E-state index in [0.717, 1.165) is 26.7 Å². The molecule has 1 aliphatic heterocycles. The fourth-order valence-electron chi connectivity index (χ4n) is 3.75.